The molecule has 6 rings (SSSR count). The Morgan fingerprint density at radius 3 is 2.64 bits per heavy atom. The number of aromatic nitrogens is 1. The lowest BCUT2D eigenvalue weighted by molar-refractivity contribution is -0.143. The van der Waals surface area contributed by atoms with E-state index in [1.807, 2.05) is 18.2 Å². The normalized spacial score (nSPS) is 22.1. The van der Waals surface area contributed by atoms with E-state index in [9.17, 15) is 4.79 Å². The Morgan fingerprint density at radius 1 is 1.18 bits per heavy atom. The molecule has 1 saturated heterocycles. The third-order valence-corrected chi connectivity index (χ3v) is 8.76. The van der Waals surface area contributed by atoms with Crippen LogP contribution < -0.4 is 4.90 Å². The Morgan fingerprint density at radius 2 is 1.97 bits per heavy atom. The highest BCUT2D eigenvalue weighted by atomic mass is 35.5. The van der Waals surface area contributed by atoms with Gasteiger partial charge in [-0.05, 0) is 68.9 Å². The van der Waals surface area contributed by atoms with Crippen molar-refractivity contribution in [2.24, 2.45) is 5.92 Å². The Hall–Kier alpha value is -2.61. The maximum Gasteiger partial charge on any atom is 0.306 e. The van der Waals surface area contributed by atoms with E-state index in [2.05, 4.69) is 10.1 Å². The summed E-state index contributed by atoms with van der Waals surface area (Å²) in [6.07, 6.45) is 4.75. The van der Waals surface area contributed by atoms with Crippen LogP contribution in [0.2, 0.25) is 10.0 Å². The number of carbonyl (C=O) groups excluding carboxylic acids is 1. The van der Waals surface area contributed by atoms with Crippen LogP contribution in [0.5, 0.6) is 0 Å². The summed E-state index contributed by atoms with van der Waals surface area (Å²) in [4.78, 5) is 13.8. The highest BCUT2D eigenvalue weighted by molar-refractivity contribution is 6.39. The minimum absolute atomic E-state index is 0.0784. The van der Waals surface area contributed by atoms with E-state index in [4.69, 9.17) is 37.2 Å². The first kappa shape index (κ1) is 26.6. The van der Waals surface area contributed by atoms with Crippen LogP contribution in [0, 0.1) is 11.7 Å². The zero-order valence-corrected chi connectivity index (χ0v) is 23.3. The van der Waals surface area contributed by atoms with Crippen molar-refractivity contribution in [3.63, 3.8) is 0 Å². The van der Waals surface area contributed by atoms with Gasteiger partial charge < -0.3 is 18.9 Å². The average molecular weight is 573 g/mol. The first-order valence-corrected chi connectivity index (χ1v) is 14.4. The molecule has 39 heavy (non-hydrogen) atoms. The lowest BCUT2D eigenvalue weighted by Gasteiger charge is -2.33. The molecule has 2 heterocycles. The number of esters is 1. The van der Waals surface area contributed by atoms with E-state index in [-0.39, 0.29) is 30.4 Å². The molecular weight excluding hydrogens is 542 g/mol. The van der Waals surface area contributed by atoms with Gasteiger partial charge in [-0.2, -0.15) is 0 Å². The number of fused-ring (bicyclic) bond motifs is 2. The second-order valence-electron chi connectivity index (χ2n) is 10.7. The van der Waals surface area contributed by atoms with E-state index >= 15 is 4.39 Å². The van der Waals surface area contributed by atoms with E-state index in [1.165, 1.54) is 0 Å². The van der Waals surface area contributed by atoms with E-state index in [1.54, 1.807) is 25.1 Å². The molecule has 0 spiro atoms. The SMILES string of the molecule is CCOC(=O)CCc1ccc(N2C[C@@H]3C[C@H]2C[C@H]3OCc2c(-c3c(Cl)cccc3Cl)noc2C2CC2)c(F)c1. The maximum atomic E-state index is 15.1. The zero-order chi connectivity index (χ0) is 27.1. The number of carbonyl (C=O) groups is 1. The molecule has 2 aromatic carbocycles. The quantitative estimate of drug-likeness (QED) is 0.237. The summed E-state index contributed by atoms with van der Waals surface area (Å²) in [6, 6.07) is 10.9. The molecule has 1 aromatic heterocycles. The van der Waals surface area contributed by atoms with Crippen molar-refractivity contribution in [3.8, 4) is 11.3 Å². The standard InChI is InChI=1S/C30H31Cl2FN2O4/c1-2-37-27(36)11-7-17-6-10-25(24(33)12-17)35-15-19-13-20(35)14-26(19)38-16-21-29(34-39-30(21)18-8-9-18)28-22(31)4-3-5-23(28)32/h3-6,10,12,18-20,26H,2,7-9,11,13-16H2,1H3/t19-,20-,26+/m0/s1. The number of ether oxygens (including phenoxy) is 2. The summed E-state index contributed by atoms with van der Waals surface area (Å²) in [6.45, 7) is 3.26. The Labute approximate surface area is 237 Å². The fourth-order valence-corrected chi connectivity index (χ4v) is 6.64. The van der Waals surface area contributed by atoms with Gasteiger partial charge >= 0.3 is 5.97 Å². The molecule has 6 nitrogen and oxygen atoms in total. The lowest BCUT2D eigenvalue weighted by atomic mass is 10.0. The number of aryl methyl sites for hydroxylation is 1. The Kier molecular flexibility index (Phi) is 7.58. The van der Waals surface area contributed by atoms with Gasteiger partial charge in [0.15, 0.2) is 0 Å². The smallest absolute Gasteiger partial charge is 0.306 e. The van der Waals surface area contributed by atoms with Crippen molar-refractivity contribution in [3.05, 3.63) is 69.1 Å². The molecule has 2 aliphatic carbocycles. The van der Waals surface area contributed by atoms with Gasteiger partial charge in [-0.15, -0.1) is 0 Å². The Balaban J connectivity index is 1.11. The minimum atomic E-state index is -0.262. The third-order valence-electron chi connectivity index (χ3n) is 8.13. The van der Waals surface area contributed by atoms with Gasteiger partial charge in [-0.3, -0.25) is 4.79 Å². The molecule has 206 valence electrons. The molecule has 1 aliphatic heterocycles. The molecular formula is C30H31Cl2FN2O4. The molecule has 3 aliphatic rings. The van der Waals surface area contributed by atoms with Crippen LogP contribution in [0.15, 0.2) is 40.9 Å². The maximum absolute atomic E-state index is 15.1. The van der Waals surface area contributed by atoms with E-state index in [0.717, 1.165) is 49.1 Å². The van der Waals surface area contributed by atoms with Crippen LogP contribution in [-0.2, 0) is 27.3 Å². The molecule has 3 aromatic rings. The van der Waals surface area contributed by atoms with Crippen LogP contribution >= 0.6 is 23.2 Å². The van der Waals surface area contributed by atoms with Gasteiger partial charge in [0.05, 0.1) is 35.1 Å². The molecule has 0 unspecified atom stereocenters. The average Bonchev–Trinajstić information content (AvgIpc) is 3.37. The number of hydrogen-bond donors (Lipinski definition) is 0. The molecule has 2 saturated carbocycles. The van der Waals surface area contributed by atoms with Crippen molar-refractivity contribution in [2.45, 2.75) is 70.1 Å². The van der Waals surface area contributed by atoms with Gasteiger partial charge in [-0.1, -0.05) is 40.5 Å². The predicted octanol–water partition coefficient (Wildman–Crippen LogP) is 7.34. The number of piperidine rings is 1. The molecule has 0 amide bonds. The summed E-state index contributed by atoms with van der Waals surface area (Å²) in [7, 11) is 0. The van der Waals surface area contributed by atoms with Gasteiger partial charge in [0.1, 0.15) is 17.3 Å². The number of rotatable bonds is 10. The fourth-order valence-electron chi connectivity index (χ4n) is 6.06. The summed E-state index contributed by atoms with van der Waals surface area (Å²) < 4.78 is 32.3. The van der Waals surface area contributed by atoms with Crippen LogP contribution in [0.25, 0.3) is 11.3 Å². The van der Waals surface area contributed by atoms with Crippen LogP contribution in [0.4, 0.5) is 10.1 Å². The van der Waals surface area contributed by atoms with Gasteiger partial charge in [0, 0.05) is 42.0 Å². The number of benzene rings is 2. The first-order chi connectivity index (χ1) is 18.9. The number of halogens is 3. The number of hydrogen-bond acceptors (Lipinski definition) is 6. The monoisotopic (exact) mass is 572 g/mol. The minimum Gasteiger partial charge on any atom is -0.466 e. The topological polar surface area (TPSA) is 64.8 Å². The molecule has 9 heteroatoms. The third kappa shape index (κ3) is 5.41. The number of nitrogens with zero attached hydrogens (tertiary/aromatic N) is 2. The molecule has 0 radical (unpaired) electrons. The van der Waals surface area contributed by atoms with Crippen molar-refractivity contribution < 1.29 is 23.2 Å². The summed E-state index contributed by atoms with van der Waals surface area (Å²) in [5.41, 5.74) is 3.67. The second kappa shape index (κ2) is 11.1. The van der Waals surface area contributed by atoms with E-state index < -0.39 is 0 Å². The van der Waals surface area contributed by atoms with Crippen LogP contribution in [0.3, 0.4) is 0 Å². The summed E-state index contributed by atoms with van der Waals surface area (Å²) in [5, 5.41) is 5.43. The second-order valence-corrected chi connectivity index (χ2v) is 11.5. The van der Waals surface area contributed by atoms with Gasteiger partial charge in [0.25, 0.3) is 0 Å². The molecule has 3 fully saturated rings. The van der Waals surface area contributed by atoms with Gasteiger partial charge in [0.2, 0.25) is 0 Å². The molecule has 3 atom stereocenters. The van der Waals surface area contributed by atoms with E-state index in [0.29, 0.717) is 58.5 Å². The highest BCUT2D eigenvalue weighted by Gasteiger charge is 2.46. The van der Waals surface area contributed by atoms with Crippen molar-refractivity contribution in [2.75, 3.05) is 18.1 Å². The summed E-state index contributed by atoms with van der Waals surface area (Å²) in [5.74, 6) is 1.04. The molecule has 0 N–H and O–H groups in total. The van der Waals surface area contributed by atoms with Crippen molar-refractivity contribution in [1.29, 1.82) is 0 Å². The predicted molar refractivity (Wildman–Crippen MR) is 148 cm³/mol. The van der Waals surface area contributed by atoms with Crippen LogP contribution in [0.1, 0.15) is 61.8 Å². The largest absolute Gasteiger partial charge is 0.466 e. The van der Waals surface area contributed by atoms with Crippen molar-refractivity contribution >= 4 is 34.9 Å². The van der Waals surface area contributed by atoms with Crippen molar-refractivity contribution in [1.82, 2.24) is 5.16 Å². The first-order valence-electron chi connectivity index (χ1n) is 13.7. The number of anilines is 1. The zero-order valence-electron chi connectivity index (χ0n) is 21.8. The highest BCUT2D eigenvalue weighted by Crippen LogP contribution is 2.47. The summed E-state index contributed by atoms with van der Waals surface area (Å²) >= 11 is 13.0. The Bertz CT molecular complexity index is 1350. The fraction of sp³-hybridized carbons (Fsp3) is 0.467. The molecule has 2 bridgehead atoms. The van der Waals surface area contributed by atoms with Gasteiger partial charge in [-0.25, -0.2) is 4.39 Å². The van der Waals surface area contributed by atoms with Crippen LogP contribution in [-0.4, -0.2) is 36.4 Å². The lowest BCUT2D eigenvalue weighted by Crippen LogP contribution is -2.39.